The van der Waals surface area contributed by atoms with Crippen molar-refractivity contribution in [1.29, 1.82) is 0 Å². The van der Waals surface area contributed by atoms with Gasteiger partial charge in [-0.25, -0.2) is 8.78 Å². The molecule has 0 bridgehead atoms. The summed E-state index contributed by atoms with van der Waals surface area (Å²) in [6.07, 6.45) is 0.942. The molecule has 2 rings (SSSR count). The molecule has 5 heteroatoms. The monoisotopic (exact) mass is 332 g/mol. The molecule has 1 N–H and O–H groups in total. The largest absolute Gasteiger partial charge is 0.314 e. The van der Waals surface area contributed by atoms with E-state index in [0.717, 1.165) is 26.1 Å². The summed E-state index contributed by atoms with van der Waals surface area (Å²) < 4.78 is 28.2. The van der Waals surface area contributed by atoms with Gasteiger partial charge >= 0.3 is 0 Å². The van der Waals surface area contributed by atoms with Gasteiger partial charge in [-0.2, -0.15) is 0 Å². The van der Waals surface area contributed by atoms with Gasteiger partial charge in [0.1, 0.15) is 11.6 Å². The summed E-state index contributed by atoms with van der Waals surface area (Å²) in [5.74, 6) is -0.963. The first kappa shape index (κ1) is 14.9. The third kappa shape index (κ3) is 2.98. The molecule has 1 aromatic carbocycles. The number of nitrogens with one attached hydrogen (secondary N) is 1. The molecule has 0 spiro atoms. The van der Waals surface area contributed by atoms with Gasteiger partial charge in [0.2, 0.25) is 0 Å². The summed E-state index contributed by atoms with van der Waals surface area (Å²) in [5.41, 5.74) is 0.0929. The van der Waals surface area contributed by atoms with Gasteiger partial charge < -0.3 is 5.32 Å². The molecule has 0 aromatic heterocycles. The van der Waals surface area contributed by atoms with Crippen LogP contribution in [0, 0.1) is 11.6 Å². The Labute approximate surface area is 121 Å². The van der Waals surface area contributed by atoms with Crippen molar-refractivity contribution in [3.63, 3.8) is 0 Å². The Morgan fingerprint density at radius 1 is 1.42 bits per heavy atom. The zero-order valence-corrected chi connectivity index (χ0v) is 12.9. The van der Waals surface area contributed by atoms with Crippen LogP contribution >= 0.6 is 15.9 Å². The number of piperazine rings is 1. The predicted octanol–water partition coefficient (Wildman–Crippen LogP) is 3.30. The zero-order valence-electron chi connectivity index (χ0n) is 11.3. The van der Waals surface area contributed by atoms with Crippen LogP contribution in [0.15, 0.2) is 16.6 Å². The highest BCUT2D eigenvalue weighted by molar-refractivity contribution is 9.10. The smallest absolute Gasteiger partial charge is 0.144 e. The number of hydrogen-bond donors (Lipinski definition) is 1. The van der Waals surface area contributed by atoms with Crippen molar-refractivity contribution >= 4 is 15.9 Å². The topological polar surface area (TPSA) is 15.3 Å². The van der Waals surface area contributed by atoms with Crippen molar-refractivity contribution in [2.75, 3.05) is 19.6 Å². The van der Waals surface area contributed by atoms with Gasteiger partial charge in [-0.05, 0) is 41.4 Å². The van der Waals surface area contributed by atoms with E-state index in [1.807, 2.05) is 0 Å². The lowest BCUT2D eigenvalue weighted by atomic mass is 9.93. The Morgan fingerprint density at radius 3 is 2.84 bits per heavy atom. The van der Waals surface area contributed by atoms with Crippen molar-refractivity contribution in [1.82, 2.24) is 10.2 Å². The molecule has 2 nitrogen and oxygen atoms in total. The summed E-state index contributed by atoms with van der Waals surface area (Å²) in [5, 5.41) is 3.34. The lowest BCUT2D eigenvalue weighted by molar-refractivity contribution is 0.0615. The van der Waals surface area contributed by atoms with Crippen LogP contribution in [0.1, 0.15) is 25.8 Å². The molecule has 1 saturated heterocycles. The molecule has 0 amide bonds. The van der Waals surface area contributed by atoms with E-state index in [0.29, 0.717) is 11.0 Å². The maximum atomic E-state index is 14.0. The van der Waals surface area contributed by atoms with Gasteiger partial charge in [0.25, 0.3) is 0 Å². The van der Waals surface area contributed by atoms with Crippen LogP contribution in [0.2, 0.25) is 0 Å². The number of hydrogen-bond acceptors (Lipinski definition) is 2. The van der Waals surface area contributed by atoms with Crippen LogP contribution in [0.5, 0.6) is 0 Å². The van der Waals surface area contributed by atoms with E-state index in [1.54, 1.807) is 0 Å². The van der Waals surface area contributed by atoms with E-state index < -0.39 is 11.6 Å². The fourth-order valence-electron chi connectivity index (χ4n) is 2.48. The lowest BCUT2D eigenvalue weighted by Gasteiger charge is -2.45. The molecule has 1 aromatic rings. The molecular formula is C14H19BrF2N2. The molecule has 0 aliphatic carbocycles. The maximum Gasteiger partial charge on any atom is 0.144 e. The highest BCUT2D eigenvalue weighted by atomic mass is 79.9. The molecular weight excluding hydrogens is 314 g/mol. The van der Waals surface area contributed by atoms with E-state index in [-0.39, 0.29) is 11.1 Å². The number of nitrogens with zero attached hydrogens (tertiary/aromatic N) is 1. The molecule has 1 fully saturated rings. The standard InChI is InChI=1S/C14H19BrF2N2/c1-3-14(2)9-18-6-7-19(14)8-10-12(16)5-4-11(15)13(10)17/h4-5,18H,3,6-9H2,1-2H3. The van der Waals surface area contributed by atoms with Gasteiger partial charge in [-0.15, -0.1) is 0 Å². The molecule has 19 heavy (non-hydrogen) atoms. The molecule has 106 valence electrons. The van der Waals surface area contributed by atoms with E-state index in [9.17, 15) is 8.78 Å². The van der Waals surface area contributed by atoms with E-state index in [2.05, 4.69) is 40.0 Å². The summed E-state index contributed by atoms with van der Waals surface area (Å²) in [4.78, 5) is 2.16. The third-order valence-electron chi connectivity index (χ3n) is 4.08. The van der Waals surface area contributed by atoms with E-state index in [4.69, 9.17) is 0 Å². The summed E-state index contributed by atoms with van der Waals surface area (Å²) >= 11 is 3.12. The second kappa shape index (κ2) is 5.85. The van der Waals surface area contributed by atoms with Crippen LogP contribution in [-0.2, 0) is 6.54 Å². The van der Waals surface area contributed by atoms with Crippen LogP contribution in [-0.4, -0.2) is 30.1 Å². The van der Waals surface area contributed by atoms with Gasteiger partial charge in [-0.1, -0.05) is 6.92 Å². The minimum atomic E-state index is -0.489. The third-order valence-corrected chi connectivity index (χ3v) is 4.69. The Kier molecular flexibility index (Phi) is 4.58. The Morgan fingerprint density at radius 2 is 2.16 bits per heavy atom. The molecule has 1 aliphatic rings. The molecule has 0 radical (unpaired) electrons. The van der Waals surface area contributed by atoms with Crippen molar-refractivity contribution in [2.24, 2.45) is 0 Å². The molecule has 1 aliphatic heterocycles. The normalized spacial score (nSPS) is 24.7. The summed E-state index contributed by atoms with van der Waals surface area (Å²) in [7, 11) is 0. The molecule has 0 saturated carbocycles. The lowest BCUT2D eigenvalue weighted by Crippen LogP contribution is -2.58. The number of benzene rings is 1. The van der Waals surface area contributed by atoms with E-state index >= 15 is 0 Å². The highest BCUT2D eigenvalue weighted by Crippen LogP contribution is 2.27. The van der Waals surface area contributed by atoms with Gasteiger partial charge in [0.05, 0.1) is 4.47 Å². The maximum absolute atomic E-state index is 14.0. The van der Waals surface area contributed by atoms with Crippen molar-refractivity contribution < 1.29 is 8.78 Å². The highest BCUT2D eigenvalue weighted by Gasteiger charge is 2.33. The van der Waals surface area contributed by atoms with Gasteiger partial charge in [0.15, 0.2) is 0 Å². The first-order valence-electron chi connectivity index (χ1n) is 6.56. The van der Waals surface area contributed by atoms with Gasteiger partial charge in [0, 0.05) is 37.3 Å². The quantitative estimate of drug-likeness (QED) is 0.854. The number of rotatable bonds is 3. The van der Waals surface area contributed by atoms with Crippen LogP contribution in [0.3, 0.4) is 0 Å². The van der Waals surface area contributed by atoms with Gasteiger partial charge in [-0.3, -0.25) is 4.90 Å². The summed E-state index contributed by atoms with van der Waals surface area (Å²) in [6.45, 7) is 7.05. The first-order valence-corrected chi connectivity index (χ1v) is 7.35. The van der Waals surface area contributed by atoms with Crippen LogP contribution in [0.25, 0.3) is 0 Å². The number of halogens is 3. The Hall–Kier alpha value is -0.520. The molecule has 1 unspecified atom stereocenters. The summed E-state index contributed by atoms with van der Waals surface area (Å²) in [6, 6.07) is 2.72. The Bertz CT molecular complexity index is 467. The zero-order chi connectivity index (χ0) is 14.0. The second-order valence-corrected chi connectivity index (χ2v) is 6.12. The Balaban J connectivity index is 2.27. The SMILES string of the molecule is CCC1(C)CNCCN1Cc1c(F)ccc(Br)c1F. The molecule has 1 heterocycles. The van der Waals surface area contributed by atoms with Crippen molar-refractivity contribution in [2.45, 2.75) is 32.4 Å². The fraction of sp³-hybridized carbons (Fsp3) is 0.571. The van der Waals surface area contributed by atoms with E-state index in [1.165, 1.54) is 12.1 Å². The second-order valence-electron chi connectivity index (χ2n) is 5.27. The van der Waals surface area contributed by atoms with Crippen LogP contribution < -0.4 is 5.32 Å². The van der Waals surface area contributed by atoms with Crippen molar-refractivity contribution in [3.05, 3.63) is 33.8 Å². The molecule has 1 atom stereocenters. The minimum absolute atomic E-state index is 0.0561. The minimum Gasteiger partial charge on any atom is -0.314 e. The first-order chi connectivity index (χ1) is 8.98. The fourth-order valence-corrected chi connectivity index (χ4v) is 2.85. The van der Waals surface area contributed by atoms with Crippen LogP contribution in [0.4, 0.5) is 8.78 Å². The van der Waals surface area contributed by atoms with Crippen molar-refractivity contribution in [3.8, 4) is 0 Å². The predicted molar refractivity (Wildman–Crippen MR) is 76.0 cm³/mol. The average Bonchev–Trinajstić information content (AvgIpc) is 2.41. The average molecular weight is 333 g/mol.